The van der Waals surface area contributed by atoms with E-state index in [1.54, 1.807) is 0 Å². The summed E-state index contributed by atoms with van der Waals surface area (Å²) in [5, 5.41) is 0. The Balaban J connectivity index is 3.48. The van der Waals surface area contributed by atoms with E-state index >= 15 is 0 Å². The monoisotopic (exact) mass is 254 g/mol. The molecule has 110 valence electrons. The van der Waals surface area contributed by atoms with E-state index in [0.717, 1.165) is 5.92 Å². The zero-order valence-electron chi connectivity index (χ0n) is 13.9. The Morgan fingerprint density at radius 3 is 1.94 bits per heavy atom. The molecule has 0 heteroatoms. The summed E-state index contributed by atoms with van der Waals surface area (Å²) in [6, 6.07) is 0. The van der Waals surface area contributed by atoms with Crippen molar-refractivity contribution in [2.24, 2.45) is 11.3 Å². The number of hydrogen-bond acceptors (Lipinski definition) is 0. The van der Waals surface area contributed by atoms with Gasteiger partial charge in [-0.3, -0.25) is 0 Å². The molecule has 1 unspecified atom stereocenters. The van der Waals surface area contributed by atoms with E-state index in [4.69, 9.17) is 0 Å². The fraction of sp³-hybridized carbons (Fsp3) is 1.00. The van der Waals surface area contributed by atoms with Crippen molar-refractivity contribution in [2.45, 2.75) is 105 Å². The van der Waals surface area contributed by atoms with Crippen LogP contribution in [0.4, 0.5) is 0 Å². The van der Waals surface area contributed by atoms with Crippen LogP contribution in [0.5, 0.6) is 0 Å². The molecule has 0 aliphatic carbocycles. The molecule has 1 atom stereocenters. The first-order valence-corrected chi connectivity index (χ1v) is 8.52. The maximum Gasteiger partial charge on any atom is -0.0354 e. The van der Waals surface area contributed by atoms with E-state index in [-0.39, 0.29) is 0 Å². The lowest BCUT2D eigenvalue weighted by Gasteiger charge is -2.25. The van der Waals surface area contributed by atoms with E-state index in [9.17, 15) is 0 Å². The molecule has 0 nitrogen and oxygen atoms in total. The van der Waals surface area contributed by atoms with Crippen molar-refractivity contribution >= 4 is 0 Å². The van der Waals surface area contributed by atoms with Crippen LogP contribution in [0, 0.1) is 11.3 Å². The third kappa shape index (κ3) is 11.1. The summed E-state index contributed by atoms with van der Waals surface area (Å²) in [5.74, 6) is 0.926. The summed E-state index contributed by atoms with van der Waals surface area (Å²) in [6.45, 7) is 11.9. The Morgan fingerprint density at radius 2 is 1.33 bits per heavy atom. The predicted octanol–water partition coefficient (Wildman–Crippen LogP) is 6.98. The van der Waals surface area contributed by atoms with E-state index in [0.29, 0.717) is 5.41 Å². The van der Waals surface area contributed by atoms with Gasteiger partial charge in [-0.25, -0.2) is 0 Å². The lowest BCUT2D eigenvalue weighted by atomic mass is 9.81. The van der Waals surface area contributed by atoms with Crippen LogP contribution in [0.2, 0.25) is 0 Å². The average Bonchev–Trinajstić information content (AvgIpc) is 2.33. The topological polar surface area (TPSA) is 0 Å². The van der Waals surface area contributed by atoms with Crippen molar-refractivity contribution in [3.63, 3.8) is 0 Å². The highest BCUT2D eigenvalue weighted by Gasteiger charge is 2.17. The molecule has 0 bridgehead atoms. The van der Waals surface area contributed by atoms with Crippen LogP contribution in [0.3, 0.4) is 0 Å². The van der Waals surface area contributed by atoms with E-state index in [2.05, 4.69) is 34.6 Å². The summed E-state index contributed by atoms with van der Waals surface area (Å²) in [5.41, 5.74) is 0.582. The second-order valence-electron chi connectivity index (χ2n) is 7.09. The Bertz CT molecular complexity index is 169. The number of unbranched alkanes of at least 4 members (excludes halogenated alkanes) is 5. The molecule has 0 radical (unpaired) electrons. The molecule has 0 rings (SSSR count). The molecule has 0 aromatic carbocycles. The molecule has 0 aromatic heterocycles. The fourth-order valence-electron chi connectivity index (χ4n) is 2.64. The Kier molecular flexibility index (Phi) is 10.9. The third-order valence-corrected chi connectivity index (χ3v) is 4.45. The molecule has 18 heavy (non-hydrogen) atoms. The Labute approximate surface area is 117 Å². The van der Waals surface area contributed by atoms with E-state index in [1.165, 1.54) is 70.6 Å². The van der Waals surface area contributed by atoms with Gasteiger partial charge < -0.3 is 0 Å². The van der Waals surface area contributed by atoms with E-state index < -0.39 is 0 Å². The van der Waals surface area contributed by atoms with Gasteiger partial charge in [0, 0.05) is 0 Å². The molecule has 0 aliphatic heterocycles. The van der Waals surface area contributed by atoms with Gasteiger partial charge in [0.1, 0.15) is 0 Å². The summed E-state index contributed by atoms with van der Waals surface area (Å²) >= 11 is 0. The van der Waals surface area contributed by atoms with Gasteiger partial charge in [-0.15, -0.1) is 0 Å². The van der Waals surface area contributed by atoms with Crippen molar-refractivity contribution in [1.82, 2.24) is 0 Å². The molecule has 0 heterocycles. The van der Waals surface area contributed by atoms with Crippen LogP contribution in [0.15, 0.2) is 0 Å². The summed E-state index contributed by atoms with van der Waals surface area (Å²) in [4.78, 5) is 0. The van der Waals surface area contributed by atoms with Crippen LogP contribution in [0.1, 0.15) is 105 Å². The minimum Gasteiger partial charge on any atom is -0.0654 e. The Hall–Kier alpha value is 0. The molecule has 0 saturated carbocycles. The fourth-order valence-corrected chi connectivity index (χ4v) is 2.64. The third-order valence-electron chi connectivity index (χ3n) is 4.45. The van der Waals surface area contributed by atoms with Crippen molar-refractivity contribution < 1.29 is 0 Å². The molecule has 0 amide bonds. The Morgan fingerprint density at radius 1 is 0.778 bits per heavy atom. The van der Waals surface area contributed by atoms with Gasteiger partial charge in [0.05, 0.1) is 0 Å². The van der Waals surface area contributed by atoms with Crippen molar-refractivity contribution in [3.05, 3.63) is 0 Å². The lowest BCUT2D eigenvalue weighted by Crippen LogP contribution is -2.11. The second-order valence-corrected chi connectivity index (χ2v) is 7.09. The van der Waals surface area contributed by atoms with Gasteiger partial charge in [-0.05, 0) is 24.2 Å². The highest BCUT2D eigenvalue weighted by molar-refractivity contribution is 4.69. The molecular formula is C18H38. The van der Waals surface area contributed by atoms with Crippen LogP contribution in [0.25, 0.3) is 0 Å². The summed E-state index contributed by atoms with van der Waals surface area (Å²) in [6.07, 6.45) is 15.6. The van der Waals surface area contributed by atoms with Gasteiger partial charge in [0.2, 0.25) is 0 Å². The maximum atomic E-state index is 2.47. The normalized spacial score (nSPS) is 13.8. The molecule has 0 aliphatic rings. The summed E-state index contributed by atoms with van der Waals surface area (Å²) in [7, 11) is 0. The highest BCUT2D eigenvalue weighted by Crippen LogP contribution is 2.31. The van der Waals surface area contributed by atoms with Crippen molar-refractivity contribution in [1.29, 1.82) is 0 Å². The highest BCUT2D eigenvalue weighted by atomic mass is 14.2. The molecule has 0 fully saturated rings. The molecular weight excluding hydrogens is 216 g/mol. The van der Waals surface area contributed by atoms with Gasteiger partial charge in [-0.2, -0.15) is 0 Å². The number of hydrogen-bond donors (Lipinski definition) is 0. The summed E-state index contributed by atoms with van der Waals surface area (Å²) < 4.78 is 0. The molecule has 0 N–H and O–H groups in total. The standard InChI is InChI=1S/C18H38/c1-6-8-9-10-11-12-15-18(4,5)16-13-14-17(3)7-2/h17H,6-16H2,1-5H3. The van der Waals surface area contributed by atoms with Crippen LogP contribution in [-0.4, -0.2) is 0 Å². The van der Waals surface area contributed by atoms with Gasteiger partial charge in [0.25, 0.3) is 0 Å². The number of rotatable bonds is 12. The average molecular weight is 255 g/mol. The first kappa shape index (κ1) is 18.0. The molecule has 0 spiro atoms. The van der Waals surface area contributed by atoms with Gasteiger partial charge in [-0.1, -0.05) is 92.4 Å². The van der Waals surface area contributed by atoms with Crippen LogP contribution in [-0.2, 0) is 0 Å². The molecule has 0 saturated heterocycles. The largest absolute Gasteiger partial charge is 0.0654 e. The lowest BCUT2D eigenvalue weighted by molar-refractivity contribution is 0.275. The van der Waals surface area contributed by atoms with Gasteiger partial charge in [0.15, 0.2) is 0 Å². The molecule has 0 aromatic rings. The maximum absolute atomic E-state index is 2.47. The first-order valence-electron chi connectivity index (χ1n) is 8.52. The first-order chi connectivity index (χ1) is 8.52. The van der Waals surface area contributed by atoms with Crippen molar-refractivity contribution in [2.75, 3.05) is 0 Å². The predicted molar refractivity (Wildman–Crippen MR) is 85.1 cm³/mol. The smallest absolute Gasteiger partial charge is 0.0354 e. The van der Waals surface area contributed by atoms with E-state index in [1.807, 2.05) is 0 Å². The van der Waals surface area contributed by atoms with Crippen LogP contribution < -0.4 is 0 Å². The van der Waals surface area contributed by atoms with Crippen molar-refractivity contribution in [3.8, 4) is 0 Å². The minimum absolute atomic E-state index is 0.582. The quantitative estimate of drug-likeness (QED) is 0.329. The van der Waals surface area contributed by atoms with Crippen LogP contribution >= 0.6 is 0 Å². The second kappa shape index (κ2) is 10.9. The SMILES string of the molecule is CCCCCCCCC(C)(C)CCCC(C)CC. The van der Waals surface area contributed by atoms with Gasteiger partial charge >= 0.3 is 0 Å². The zero-order chi connectivity index (χ0) is 13.9. The minimum atomic E-state index is 0.582. The zero-order valence-corrected chi connectivity index (χ0v) is 13.9.